The van der Waals surface area contributed by atoms with Crippen molar-refractivity contribution >= 4 is 35.0 Å². The fourth-order valence-electron chi connectivity index (χ4n) is 4.73. The Morgan fingerprint density at radius 1 is 1.12 bits per heavy atom. The lowest BCUT2D eigenvalue weighted by Gasteiger charge is -2.42. The van der Waals surface area contributed by atoms with Gasteiger partial charge in [-0.2, -0.15) is 13.2 Å². The van der Waals surface area contributed by atoms with Gasteiger partial charge in [0.2, 0.25) is 11.8 Å². The molecule has 0 radical (unpaired) electrons. The first-order valence-electron chi connectivity index (χ1n) is 11.4. The number of rotatable bonds is 5. The van der Waals surface area contributed by atoms with Gasteiger partial charge in [-0.25, -0.2) is 0 Å². The van der Waals surface area contributed by atoms with Crippen LogP contribution in [0.1, 0.15) is 36.8 Å². The van der Waals surface area contributed by atoms with Crippen LogP contribution < -0.4 is 15.1 Å². The van der Waals surface area contributed by atoms with E-state index in [1.807, 2.05) is 24.5 Å². The predicted octanol–water partition coefficient (Wildman–Crippen LogP) is 5.02. The van der Waals surface area contributed by atoms with Crippen molar-refractivity contribution in [1.29, 1.82) is 0 Å². The fourth-order valence-corrected chi connectivity index (χ4v) is 5.18. The van der Waals surface area contributed by atoms with E-state index < -0.39 is 17.8 Å². The second-order valence-corrected chi connectivity index (χ2v) is 9.73. The molecule has 0 spiro atoms. The average molecular weight is 492 g/mol. The van der Waals surface area contributed by atoms with Crippen LogP contribution in [0.5, 0.6) is 0 Å². The summed E-state index contributed by atoms with van der Waals surface area (Å²) in [7, 11) is 0. The highest BCUT2D eigenvalue weighted by Gasteiger charge is 2.40. The lowest BCUT2D eigenvalue weighted by molar-refractivity contribution is -0.137. The zero-order valence-electron chi connectivity index (χ0n) is 19.2. The lowest BCUT2D eigenvalue weighted by atomic mass is 10.0. The summed E-state index contributed by atoms with van der Waals surface area (Å²) in [6, 6.07) is 10.1. The largest absolute Gasteiger partial charge is 0.416 e. The van der Waals surface area contributed by atoms with Gasteiger partial charge in [-0.15, -0.1) is 11.8 Å². The average Bonchev–Trinajstić information content (AvgIpc) is 3.31. The van der Waals surface area contributed by atoms with Crippen molar-refractivity contribution in [2.45, 2.75) is 55.8 Å². The maximum atomic E-state index is 13.4. The van der Waals surface area contributed by atoms with Gasteiger partial charge >= 0.3 is 6.18 Å². The van der Waals surface area contributed by atoms with Gasteiger partial charge in [-0.3, -0.25) is 14.5 Å². The number of benzene rings is 2. The number of anilines is 2. The monoisotopic (exact) mass is 491 g/mol. The topological polar surface area (TPSA) is 52.7 Å². The first kappa shape index (κ1) is 24.4. The van der Waals surface area contributed by atoms with Gasteiger partial charge in [-0.1, -0.05) is 25.0 Å². The number of amides is 2. The van der Waals surface area contributed by atoms with Crippen LogP contribution in [0.2, 0.25) is 0 Å². The Kier molecular flexibility index (Phi) is 7.12. The molecule has 2 aliphatic rings. The number of nitrogens with one attached hydrogen (secondary N) is 1. The minimum Gasteiger partial charge on any atom is -0.359 e. The SMILES string of the molecule is CSc1cccc(N2C(=O)CN(c3cc(C(F)(F)F)ccc3C)CC2C(=O)NC2CCCC2)c1. The number of hydrogen-bond acceptors (Lipinski definition) is 4. The summed E-state index contributed by atoms with van der Waals surface area (Å²) < 4.78 is 40.1. The van der Waals surface area contributed by atoms with Crippen molar-refractivity contribution in [1.82, 2.24) is 5.32 Å². The van der Waals surface area contributed by atoms with Gasteiger partial charge in [0, 0.05) is 28.9 Å². The van der Waals surface area contributed by atoms with Crippen molar-refractivity contribution in [2.75, 3.05) is 29.1 Å². The van der Waals surface area contributed by atoms with E-state index >= 15 is 0 Å². The highest BCUT2D eigenvalue weighted by molar-refractivity contribution is 7.98. The van der Waals surface area contributed by atoms with E-state index in [1.165, 1.54) is 22.7 Å². The minimum absolute atomic E-state index is 0.0626. The molecule has 34 heavy (non-hydrogen) atoms. The Morgan fingerprint density at radius 3 is 2.53 bits per heavy atom. The van der Waals surface area contributed by atoms with E-state index in [4.69, 9.17) is 0 Å². The Morgan fingerprint density at radius 2 is 1.85 bits per heavy atom. The summed E-state index contributed by atoms with van der Waals surface area (Å²) >= 11 is 1.53. The molecule has 182 valence electrons. The van der Waals surface area contributed by atoms with E-state index in [9.17, 15) is 22.8 Å². The first-order valence-corrected chi connectivity index (χ1v) is 12.6. The third-order valence-electron chi connectivity index (χ3n) is 6.51. The summed E-state index contributed by atoms with van der Waals surface area (Å²) in [5.74, 6) is -0.600. The van der Waals surface area contributed by atoms with E-state index in [2.05, 4.69) is 5.32 Å². The molecule has 0 aromatic heterocycles. The highest BCUT2D eigenvalue weighted by atomic mass is 32.2. The zero-order chi connectivity index (χ0) is 24.5. The molecule has 1 atom stereocenters. The van der Waals surface area contributed by atoms with Gasteiger partial charge in [-0.05, 0) is 61.9 Å². The normalized spacial score (nSPS) is 19.6. The maximum Gasteiger partial charge on any atom is 0.416 e. The fraction of sp³-hybridized carbons (Fsp3) is 0.440. The van der Waals surface area contributed by atoms with Crippen LogP contribution in [0.4, 0.5) is 24.5 Å². The molecular weight excluding hydrogens is 463 g/mol. The van der Waals surface area contributed by atoms with Crippen LogP contribution in [0.25, 0.3) is 0 Å². The van der Waals surface area contributed by atoms with Gasteiger partial charge in [0.1, 0.15) is 6.04 Å². The third kappa shape index (κ3) is 5.19. The zero-order valence-corrected chi connectivity index (χ0v) is 20.0. The lowest BCUT2D eigenvalue weighted by Crippen LogP contribution is -2.63. The first-order chi connectivity index (χ1) is 16.2. The van der Waals surface area contributed by atoms with Gasteiger partial charge in [0.05, 0.1) is 12.1 Å². The Labute approximate surface area is 201 Å². The van der Waals surface area contributed by atoms with Crippen molar-refractivity contribution in [3.8, 4) is 0 Å². The van der Waals surface area contributed by atoms with Crippen molar-refractivity contribution in [3.05, 3.63) is 53.6 Å². The standard InChI is InChI=1S/C25H28F3N3O2S/c1-16-10-11-17(25(26,27)28)12-21(16)30-14-22(24(33)29-18-6-3-4-7-18)31(23(32)15-30)19-8-5-9-20(13-19)34-2/h5,8-13,18,22H,3-4,6-7,14-15H2,1-2H3,(H,29,33). The van der Waals surface area contributed by atoms with Crippen LogP contribution in [0.3, 0.4) is 0 Å². The molecule has 5 nitrogen and oxygen atoms in total. The van der Waals surface area contributed by atoms with Crippen LogP contribution >= 0.6 is 11.8 Å². The predicted molar refractivity (Wildman–Crippen MR) is 128 cm³/mol. The molecule has 9 heteroatoms. The quantitative estimate of drug-likeness (QED) is 0.597. The molecule has 1 aliphatic heterocycles. The molecule has 2 fully saturated rings. The number of alkyl halides is 3. The molecule has 4 rings (SSSR count). The second kappa shape index (κ2) is 9.90. The molecule has 1 heterocycles. The molecule has 1 N–H and O–H groups in total. The van der Waals surface area contributed by atoms with Crippen molar-refractivity contribution in [3.63, 3.8) is 0 Å². The molecule has 2 aromatic carbocycles. The Balaban J connectivity index is 1.69. The van der Waals surface area contributed by atoms with E-state index in [1.54, 1.807) is 17.9 Å². The van der Waals surface area contributed by atoms with Gasteiger partial charge in [0.25, 0.3) is 0 Å². The second-order valence-electron chi connectivity index (χ2n) is 8.85. The van der Waals surface area contributed by atoms with E-state index in [0.717, 1.165) is 42.7 Å². The van der Waals surface area contributed by atoms with Gasteiger partial charge < -0.3 is 10.2 Å². The molecule has 2 amide bonds. The molecule has 1 saturated heterocycles. The number of carbonyl (C=O) groups is 2. The van der Waals surface area contributed by atoms with Crippen molar-refractivity contribution < 1.29 is 22.8 Å². The smallest absolute Gasteiger partial charge is 0.359 e. The molecule has 2 aromatic rings. The Bertz CT molecular complexity index is 1070. The molecular formula is C25H28F3N3O2S. The number of carbonyl (C=O) groups excluding carboxylic acids is 2. The van der Waals surface area contributed by atoms with Crippen molar-refractivity contribution in [2.24, 2.45) is 0 Å². The number of thioether (sulfide) groups is 1. The summed E-state index contributed by atoms with van der Waals surface area (Å²) in [4.78, 5) is 30.9. The van der Waals surface area contributed by atoms with Crippen LogP contribution in [-0.2, 0) is 15.8 Å². The van der Waals surface area contributed by atoms with Crippen LogP contribution in [0, 0.1) is 6.92 Å². The number of halogens is 3. The van der Waals surface area contributed by atoms with Gasteiger partial charge in [0.15, 0.2) is 0 Å². The molecule has 1 unspecified atom stereocenters. The molecule has 0 bridgehead atoms. The molecule has 1 saturated carbocycles. The number of aryl methyl sites for hydroxylation is 1. The van der Waals surface area contributed by atoms with E-state index in [-0.39, 0.29) is 30.9 Å². The highest BCUT2D eigenvalue weighted by Crippen LogP contribution is 2.35. The maximum absolute atomic E-state index is 13.4. The Hall–Kier alpha value is -2.68. The van der Waals surface area contributed by atoms with E-state index in [0.29, 0.717) is 16.9 Å². The van der Waals surface area contributed by atoms with Crippen LogP contribution in [-0.4, -0.2) is 43.2 Å². The molecule has 1 aliphatic carbocycles. The summed E-state index contributed by atoms with van der Waals surface area (Å²) in [6.07, 6.45) is 1.31. The summed E-state index contributed by atoms with van der Waals surface area (Å²) in [5.41, 5.74) is 0.777. The third-order valence-corrected chi connectivity index (χ3v) is 7.24. The number of piperazine rings is 1. The number of nitrogens with zero attached hydrogens (tertiary/aromatic N) is 2. The van der Waals surface area contributed by atoms with Crippen LogP contribution in [0.15, 0.2) is 47.4 Å². The number of hydrogen-bond donors (Lipinski definition) is 1. The summed E-state index contributed by atoms with van der Waals surface area (Å²) in [6.45, 7) is 1.71. The minimum atomic E-state index is -4.49. The summed E-state index contributed by atoms with van der Waals surface area (Å²) in [5, 5.41) is 3.08.